The average molecular weight is 323 g/mol. The Labute approximate surface area is 130 Å². The van der Waals surface area contributed by atoms with Crippen molar-refractivity contribution in [3.8, 4) is 0 Å². The molecule has 0 amide bonds. The lowest BCUT2D eigenvalue weighted by Gasteiger charge is -2.23. The largest absolute Gasteiger partial charge is 0.337 e. The van der Waals surface area contributed by atoms with Gasteiger partial charge in [0.05, 0.1) is 0 Å². The van der Waals surface area contributed by atoms with Crippen LogP contribution >= 0.6 is 0 Å². The number of hydrogen-bond acceptors (Lipinski definition) is 4. The fourth-order valence-corrected chi connectivity index (χ4v) is 4.62. The number of aromatic nitrogens is 4. The Bertz CT molecular complexity index is 758. The van der Waals surface area contributed by atoms with Gasteiger partial charge in [-0.25, -0.2) is 18.4 Å². The van der Waals surface area contributed by atoms with Crippen molar-refractivity contribution in [1.29, 1.82) is 0 Å². The molecule has 1 fully saturated rings. The van der Waals surface area contributed by atoms with Crippen LogP contribution in [0.5, 0.6) is 0 Å². The maximum atomic E-state index is 12.8. The van der Waals surface area contributed by atoms with Crippen molar-refractivity contribution < 1.29 is 8.42 Å². The second-order valence-electron chi connectivity index (χ2n) is 5.78. The van der Waals surface area contributed by atoms with Gasteiger partial charge in [-0.15, -0.1) is 0 Å². The van der Waals surface area contributed by atoms with Crippen LogP contribution in [0.15, 0.2) is 23.6 Å². The second kappa shape index (κ2) is 5.51. The third-order valence-electron chi connectivity index (χ3n) is 4.31. The Hall–Kier alpha value is -1.67. The summed E-state index contributed by atoms with van der Waals surface area (Å²) in [6.07, 6.45) is 6.96. The van der Waals surface area contributed by atoms with Gasteiger partial charge in [-0.1, -0.05) is 0 Å². The van der Waals surface area contributed by atoms with Crippen molar-refractivity contribution in [2.75, 3.05) is 6.54 Å². The molecule has 1 atom stereocenters. The van der Waals surface area contributed by atoms with Crippen LogP contribution in [0.2, 0.25) is 0 Å². The van der Waals surface area contributed by atoms with E-state index in [9.17, 15) is 8.42 Å². The zero-order chi connectivity index (χ0) is 15.9. The zero-order valence-electron chi connectivity index (χ0n) is 13.1. The molecule has 3 heterocycles. The molecule has 0 saturated carbocycles. The van der Waals surface area contributed by atoms with Gasteiger partial charge in [-0.05, 0) is 26.7 Å². The van der Waals surface area contributed by atoms with E-state index in [0.29, 0.717) is 18.9 Å². The van der Waals surface area contributed by atoms with E-state index in [2.05, 4.69) is 9.97 Å². The molecule has 0 aromatic carbocycles. The Morgan fingerprint density at radius 3 is 2.68 bits per heavy atom. The third kappa shape index (κ3) is 2.56. The van der Waals surface area contributed by atoms with Crippen LogP contribution < -0.4 is 0 Å². The molecular weight excluding hydrogens is 302 g/mol. The maximum Gasteiger partial charge on any atom is 0.262 e. The normalized spacial score (nSPS) is 19.9. The van der Waals surface area contributed by atoms with Crippen LogP contribution in [0.3, 0.4) is 0 Å². The first-order valence-corrected chi connectivity index (χ1v) is 8.83. The van der Waals surface area contributed by atoms with Gasteiger partial charge in [0.15, 0.2) is 5.03 Å². The van der Waals surface area contributed by atoms with Crippen LogP contribution in [0.4, 0.5) is 0 Å². The standard InChI is InChI=1S/C14H21N5O2S/c1-11-15-6-8-18(11)9-13-5-4-7-19(13)22(20,21)14-10-17(3)12(2)16-14/h6,8,10,13H,4-5,7,9H2,1-3H3. The molecule has 0 radical (unpaired) electrons. The van der Waals surface area contributed by atoms with Crippen molar-refractivity contribution in [3.05, 3.63) is 30.2 Å². The Kier molecular flexibility index (Phi) is 3.82. The summed E-state index contributed by atoms with van der Waals surface area (Å²) in [6, 6.07) is -0.0415. The number of imidazole rings is 2. The monoisotopic (exact) mass is 323 g/mol. The lowest BCUT2D eigenvalue weighted by atomic mass is 10.2. The van der Waals surface area contributed by atoms with Gasteiger partial charge in [0.1, 0.15) is 11.6 Å². The van der Waals surface area contributed by atoms with E-state index in [-0.39, 0.29) is 11.1 Å². The minimum Gasteiger partial charge on any atom is -0.337 e. The number of hydrogen-bond donors (Lipinski definition) is 0. The summed E-state index contributed by atoms with van der Waals surface area (Å²) in [5.41, 5.74) is 0. The van der Waals surface area contributed by atoms with Crippen molar-refractivity contribution >= 4 is 10.0 Å². The van der Waals surface area contributed by atoms with Crippen LogP contribution in [0.25, 0.3) is 0 Å². The fourth-order valence-electron chi connectivity index (χ4n) is 2.90. The van der Waals surface area contributed by atoms with Crippen molar-refractivity contribution in [2.45, 2.75) is 44.3 Å². The van der Waals surface area contributed by atoms with Gasteiger partial charge in [-0.2, -0.15) is 4.31 Å². The first-order chi connectivity index (χ1) is 10.4. The number of rotatable bonds is 4. The minimum absolute atomic E-state index is 0.0415. The molecule has 120 valence electrons. The Morgan fingerprint density at radius 2 is 2.09 bits per heavy atom. The molecular formula is C14H21N5O2S. The van der Waals surface area contributed by atoms with Gasteiger partial charge >= 0.3 is 0 Å². The lowest BCUT2D eigenvalue weighted by molar-refractivity contribution is 0.349. The first-order valence-electron chi connectivity index (χ1n) is 7.39. The summed E-state index contributed by atoms with van der Waals surface area (Å²) in [4.78, 5) is 8.39. The van der Waals surface area contributed by atoms with Crippen molar-refractivity contribution in [1.82, 2.24) is 23.4 Å². The van der Waals surface area contributed by atoms with Crippen LogP contribution in [0, 0.1) is 13.8 Å². The predicted molar refractivity (Wildman–Crippen MR) is 81.8 cm³/mol. The highest BCUT2D eigenvalue weighted by atomic mass is 32.2. The van der Waals surface area contributed by atoms with Crippen molar-refractivity contribution in [3.63, 3.8) is 0 Å². The van der Waals surface area contributed by atoms with E-state index in [0.717, 1.165) is 18.7 Å². The molecule has 22 heavy (non-hydrogen) atoms. The fraction of sp³-hybridized carbons (Fsp3) is 0.571. The quantitative estimate of drug-likeness (QED) is 0.844. The van der Waals surface area contributed by atoms with E-state index in [1.54, 1.807) is 35.2 Å². The highest BCUT2D eigenvalue weighted by molar-refractivity contribution is 7.89. The molecule has 1 unspecified atom stereocenters. The summed E-state index contributed by atoms with van der Waals surface area (Å²) >= 11 is 0. The van der Waals surface area contributed by atoms with Gasteiger partial charge in [0.2, 0.25) is 0 Å². The maximum absolute atomic E-state index is 12.8. The molecule has 7 nitrogen and oxygen atoms in total. The lowest BCUT2D eigenvalue weighted by Crippen LogP contribution is -2.38. The summed E-state index contributed by atoms with van der Waals surface area (Å²) < 4.78 is 31.0. The van der Waals surface area contributed by atoms with Crippen LogP contribution in [-0.4, -0.2) is 44.4 Å². The number of nitrogens with zero attached hydrogens (tertiary/aromatic N) is 5. The Balaban J connectivity index is 1.87. The topological polar surface area (TPSA) is 73.0 Å². The molecule has 0 bridgehead atoms. The van der Waals surface area contributed by atoms with Gasteiger partial charge in [0.25, 0.3) is 10.0 Å². The summed E-state index contributed by atoms with van der Waals surface area (Å²) in [5.74, 6) is 1.60. The van der Waals surface area contributed by atoms with Gasteiger partial charge in [0, 0.05) is 44.8 Å². The highest BCUT2D eigenvalue weighted by Crippen LogP contribution is 2.26. The van der Waals surface area contributed by atoms with Crippen LogP contribution in [-0.2, 0) is 23.6 Å². The molecule has 0 N–H and O–H groups in total. The molecule has 2 aromatic heterocycles. The minimum atomic E-state index is -3.54. The number of aryl methyl sites for hydroxylation is 3. The SMILES string of the molecule is Cc1nc(S(=O)(=O)N2CCCC2Cn2ccnc2C)cn1C. The molecule has 8 heteroatoms. The van der Waals surface area contributed by atoms with E-state index < -0.39 is 10.0 Å². The molecule has 0 aliphatic carbocycles. The summed E-state index contributed by atoms with van der Waals surface area (Å²) in [5, 5.41) is 0.141. The second-order valence-corrected chi connectivity index (χ2v) is 7.61. The molecule has 1 aliphatic heterocycles. The van der Waals surface area contributed by atoms with Crippen molar-refractivity contribution in [2.24, 2.45) is 7.05 Å². The zero-order valence-corrected chi connectivity index (χ0v) is 13.9. The van der Waals surface area contributed by atoms with E-state index in [4.69, 9.17) is 0 Å². The smallest absolute Gasteiger partial charge is 0.262 e. The Morgan fingerprint density at radius 1 is 1.32 bits per heavy atom. The molecule has 3 rings (SSSR count). The average Bonchev–Trinajstić information content (AvgIpc) is 3.15. The van der Waals surface area contributed by atoms with Gasteiger partial charge in [-0.3, -0.25) is 0 Å². The third-order valence-corrected chi connectivity index (χ3v) is 6.14. The van der Waals surface area contributed by atoms with E-state index in [1.165, 1.54) is 0 Å². The summed E-state index contributed by atoms with van der Waals surface area (Å²) in [7, 11) is -1.73. The number of sulfonamides is 1. The van der Waals surface area contributed by atoms with Crippen LogP contribution in [0.1, 0.15) is 24.5 Å². The predicted octanol–water partition coefficient (Wildman–Crippen LogP) is 1.09. The highest BCUT2D eigenvalue weighted by Gasteiger charge is 2.37. The first kappa shape index (κ1) is 15.2. The molecule has 0 spiro atoms. The molecule has 1 aliphatic rings. The summed E-state index contributed by atoms with van der Waals surface area (Å²) in [6.45, 7) is 4.92. The van der Waals surface area contributed by atoms with Gasteiger partial charge < -0.3 is 9.13 Å². The molecule has 1 saturated heterocycles. The van der Waals surface area contributed by atoms with E-state index in [1.807, 2.05) is 17.7 Å². The molecule has 2 aromatic rings. The van der Waals surface area contributed by atoms with E-state index >= 15 is 0 Å².